The van der Waals surface area contributed by atoms with Gasteiger partial charge in [-0.1, -0.05) is 17.3 Å². The molecule has 0 aliphatic carbocycles. The topological polar surface area (TPSA) is 91.2 Å². The van der Waals surface area contributed by atoms with Gasteiger partial charge in [-0.2, -0.15) is 10.1 Å². The van der Waals surface area contributed by atoms with Crippen LogP contribution in [-0.2, 0) is 6.42 Å². The summed E-state index contributed by atoms with van der Waals surface area (Å²) >= 11 is 0. The lowest BCUT2D eigenvalue weighted by Gasteiger charge is -2.37. The van der Waals surface area contributed by atoms with Crippen molar-refractivity contribution in [1.29, 1.82) is 0 Å². The third-order valence-corrected chi connectivity index (χ3v) is 6.15. The molecule has 1 saturated heterocycles. The molecule has 4 rings (SSSR count). The number of likely N-dealkylation sites (tertiary alicyclic amines) is 1. The molecule has 1 N–H and O–H groups in total. The molecule has 0 saturated carbocycles. The van der Waals surface area contributed by atoms with E-state index in [1.54, 1.807) is 6.92 Å². The van der Waals surface area contributed by atoms with Crippen LogP contribution in [0.15, 0.2) is 28.8 Å². The Balaban J connectivity index is 1.54. The first-order valence-corrected chi connectivity index (χ1v) is 10.8. The lowest BCUT2D eigenvalue weighted by molar-refractivity contribution is 0.0587. The van der Waals surface area contributed by atoms with Crippen LogP contribution >= 0.6 is 0 Å². The average molecular weight is 423 g/mol. The third-order valence-electron chi connectivity index (χ3n) is 6.15. The van der Waals surface area contributed by atoms with Crippen molar-refractivity contribution in [2.45, 2.75) is 46.1 Å². The summed E-state index contributed by atoms with van der Waals surface area (Å²) in [6.07, 6.45) is 2.46. The fourth-order valence-electron chi connectivity index (χ4n) is 4.05. The van der Waals surface area contributed by atoms with Gasteiger partial charge in [0.25, 0.3) is 5.91 Å². The van der Waals surface area contributed by atoms with Crippen molar-refractivity contribution in [1.82, 2.24) is 30.1 Å². The predicted octanol–water partition coefficient (Wildman–Crippen LogP) is 3.16. The molecule has 0 bridgehead atoms. The molecule has 8 heteroatoms. The Morgan fingerprint density at radius 2 is 1.97 bits per heavy atom. The maximum atomic E-state index is 13.5. The molecule has 3 heterocycles. The second kappa shape index (κ2) is 9.01. The van der Waals surface area contributed by atoms with Gasteiger partial charge in [-0.05, 0) is 70.1 Å². The Labute approximate surface area is 182 Å². The van der Waals surface area contributed by atoms with E-state index in [0.29, 0.717) is 30.4 Å². The van der Waals surface area contributed by atoms with Crippen LogP contribution in [0, 0.1) is 20.8 Å². The number of piperidine rings is 1. The number of benzene rings is 1. The Kier molecular flexibility index (Phi) is 6.18. The quantitative estimate of drug-likeness (QED) is 0.656. The second-order valence-corrected chi connectivity index (χ2v) is 8.48. The Bertz CT molecular complexity index is 1050. The summed E-state index contributed by atoms with van der Waals surface area (Å²) in [7, 11) is 2.12. The van der Waals surface area contributed by atoms with Gasteiger partial charge < -0.3 is 14.3 Å². The summed E-state index contributed by atoms with van der Waals surface area (Å²) in [4.78, 5) is 22.0. The summed E-state index contributed by atoms with van der Waals surface area (Å²) < 4.78 is 5.08. The molecule has 1 amide bonds. The molecule has 0 unspecified atom stereocenters. The van der Waals surface area contributed by atoms with E-state index in [4.69, 9.17) is 4.52 Å². The number of aromatic nitrogens is 4. The molecule has 2 aromatic heterocycles. The van der Waals surface area contributed by atoms with Gasteiger partial charge in [-0.3, -0.25) is 9.89 Å². The number of carbonyl (C=O) groups is 1. The van der Waals surface area contributed by atoms with E-state index in [1.165, 1.54) is 11.1 Å². The number of nitrogens with zero attached hydrogens (tertiary/aromatic N) is 5. The number of nitrogens with one attached hydrogen (secondary N) is 1. The first kappa shape index (κ1) is 21.2. The second-order valence-electron chi connectivity index (χ2n) is 8.48. The Morgan fingerprint density at radius 3 is 2.65 bits per heavy atom. The van der Waals surface area contributed by atoms with Crippen molar-refractivity contribution >= 4 is 5.91 Å². The van der Waals surface area contributed by atoms with E-state index in [0.717, 1.165) is 37.2 Å². The van der Waals surface area contributed by atoms with Crippen molar-refractivity contribution < 1.29 is 9.32 Å². The maximum absolute atomic E-state index is 13.5. The van der Waals surface area contributed by atoms with Gasteiger partial charge >= 0.3 is 0 Å². The third kappa shape index (κ3) is 4.85. The molecule has 0 spiro atoms. The molecule has 164 valence electrons. The highest BCUT2D eigenvalue weighted by molar-refractivity contribution is 5.93. The van der Waals surface area contributed by atoms with E-state index in [-0.39, 0.29) is 11.9 Å². The lowest BCUT2D eigenvalue weighted by atomic mass is 10.0. The van der Waals surface area contributed by atoms with E-state index < -0.39 is 0 Å². The number of aromatic amines is 1. The van der Waals surface area contributed by atoms with Crippen molar-refractivity contribution in [2.24, 2.45) is 0 Å². The lowest BCUT2D eigenvalue weighted by Crippen LogP contribution is -2.47. The summed E-state index contributed by atoms with van der Waals surface area (Å²) in [5, 5.41) is 11.4. The zero-order valence-electron chi connectivity index (χ0n) is 18.7. The number of amides is 1. The minimum absolute atomic E-state index is 0.0302. The van der Waals surface area contributed by atoms with Gasteiger partial charge in [-0.15, -0.1) is 0 Å². The van der Waals surface area contributed by atoms with Gasteiger partial charge in [0, 0.05) is 31.5 Å². The summed E-state index contributed by atoms with van der Waals surface area (Å²) in [6.45, 7) is 8.45. The summed E-state index contributed by atoms with van der Waals surface area (Å²) in [5.41, 5.74) is 4.74. The van der Waals surface area contributed by atoms with E-state index in [1.807, 2.05) is 17.0 Å². The van der Waals surface area contributed by atoms with Gasteiger partial charge in [0.2, 0.25) is 5.89 Å². The molecule has 1 aliphatic heterocycles. The molecular formula is C23H30N6O2. The maximum Gasteiger partial charge on any atom is 0.272 e. The van der Waals surface area contributed by atoms with Crippen LogP contribution < -0.4 is 0 Å². The van der Waals surface area contributed by atoms with Gasteiger partial charge in [0.15, 0.2) is 5.82 Å². The van der Waals surface area contributed by atoms with E-state index >= 15 is 0 Å². The number of aryl methyl sites for hydroxylation is 3. The molecule has 1 aromatic carbocycles. The Morgan fingerprint density at radius 1 is 1.19 bits per heavy atom. The molecule has 31 heavy (non-hydrogen) atoms. The first-order valence-electron chi connectivity index (χ1n) is 10.8. The predicted molar refractivity (Wildman–Crippen MR) is 118 cm³/mol. The van der Waals surface area contributed by atoms with Crippen LogP contribution in [0.5, 0.6) is 0 Å². The number of hydrogen-bond acceptors (Lipinski definition) is 6. The number of hydrogen-bond donors (Lipinski definition) is 1. The number of carbonyl (C=O) groups excluding carboxylic acids is 1. The number of rotatable bonds is 6. The van der Waals surface area contributed by atoms with Crippen molar-refractivity contribution in [3.8, 4) is 11.3 Å². The van der Waals surface area contributed by atoms with Gasteiger partial charge in [0.1, 0.15) is 5.69 Å². The van der Waals surface area contributed by atoms with E-state index in [2.05, 4.69) is 58.3 Å². The number of H-pyrrole nitrogens is 1. The molecule has 0 radical (unpaired) electrons. The summed E-state index contributed by atoms with van der Waals surface area (Å²) in [6, 6.07) is 8.27. The molecule has 1 aliphatic rings. The normalized spacial score (nSPS) is 15.4. The van der Waals surface area contributed by atoms with Crippen molar-refractivity contribution in [3.05, 3.63) is 52.8 Å². The zero-order valence-corrected chi connectivity index (χ0v) is 18.7. The standard InChI is InChI=1S/C23H30N6O2/c1-15-5-6-18(13-16(15)2)20-14-21(26-25-20)23(30)29(19-7-10-28(4)11-8-19)12-9-22-24-17(3)31-27-22/h5-6,13-14,19H,7-12H2,1-4H3,(H,25,26). The van der Waals surface area contributed by atoms with Gasteiger partial charge in [0.05, 0.1) is 5.69 Å². The van der Waals surface area contributed by atoms with Crippen LogP contribution in [0.25, 0.3) is 11.3 Å². The van der Waals surface area contributed by atoms with Crippen LogP contribution in [0.1, 0.15) is 46.2 Å². The first-order chi connectivity index (χ1) is 14.9. The zero-order chi connectivity index (χ0) is 22.0. The fraction of sp³-hybridized carbons (Fsp3) is 0.478. The van der Waals surface area contributed by atoms with Crippen LogP contribution in [-0.4, -0.2) is 68.8 Å². The smallest absolute Gasteiger partial charge is 0.272 e. The minimum Gasteiger partial charge on any atom is -0.340 e. The molecule has 8 nitrogen and oxygen atoms in total. The molecule has 0 atom stereocenters. The SMILES string of the molecule is Cc1nc(CCN(C(=O)c2cc(-c3ccc(C)c(C)c3)n[nH]2)C2CCN(C)CC2)no1. The highest BCUT2D eigenvalue weighted by Gasteiger charge is 2.29. The van der Waals surface area contributed by atoms with Crippen LogP contribution in [0.2, 0.25) is 0 Å². The minimum atomic E-state index is -0.0302. The van der Waals surface area contributed by atoms with Gasteiger partial charge in [-0.25, -0.2) is 0 Å². The molecule has 3 aromatic rings. The highest BCUT2D eigenvalue weighted by atomic mass is 16.5. The monoisotopic (exact) mass is 422 g/mol. The fourth-order valence-corrected chi connectivity index (χ4v) is 4.05. The average Bonchev–Trinajstić information content (AvgIpc) is 3.41. The molecular weight excluding hydrogens is 392 g/mol. The van der Waals surface area contributed by atoms with E-state index in [9.17, 15) is 4.79 Å². The van der Waals surface area contributed by atoms with Crippen LogP contribution in [0.3, 0.4) is 0 Å². The van der Waals surface area contributed by atoms with Crippen LogP contribution in [0.4, 0.5) is 0 Å². The van der Waals surface area contributed by atoms with Crippen molar-refractivity contribution in [2.75, 3.05) is 26.7 Å². The highest BCUT2D eigenvalue weighted by Crippen LogP contribution is 2.23. The molecule has 1 fully saturated rings. The summed E-state index contributed by atoms with van der Waals surface area (Å²) in [5.74, 6) is 1.14. The Hall–Kier alpha value is -3.00. The largest absolute Gasteiger partial charge is 0.340 e. The van der Waals surface area contributed by atoms with Crippen molar-refractivity contribution in [3.63, 3.8) is 0 Å².